The first kappa shape index (κ1) is 62.1. The Bertz CT molecular complexity index is 1180. The van der Waals surface area contributed by atoms with E-state index in [9.17, 15) is 14.4 Å². The highest BCUT2D eigenvalue weighted by atomic mass is 16.6. The monoisotopic (exact) mass is 909 g/mol. The van der Waals surface area contributed by atoms with Crippen molar-refractivity contribution in [3.8, 4) is 0 Å². The first-order valence-corrected chi connectivity index (χ1v) is 27.8. The summed E-state index contributed by atoms with van der Waals surface area (Å²) in [4.78, 5) is 37.8. The molecule has 376 valence electrons. The quantitative estimate of drug-likeness (QED) is 0.0262. The van der Waals surface area contributed by atoms with Gasteiger partial charge >= 0.3 is 17.9 Å². The van der Waals surface area contributed by atoms with Gasteiger partial charge in [-0.1, -0.05) is 242 Å². The second kappa shape index (κ2) is 53.7. The van der Waals surface area contributed by atoms with E-state index < -0.39 is 6.10 Å². The van der Waals surface area contributed by atoms with Crippen molar-refractivity contribution in [2.24, 2.45) is 0 Å². The van der Waals surface area contributed by atoms with E-state index in [-0.39, 0.29) is 31.1 Å². The first-order valence-electron chi connectivity index (χ1n) is 27.8. The van der Waals surface area contributed by atoms with Crippen LogP contribution in [0.4, 0.5) is 0 Å². The molecule has 0 radical (unpaired) electrons. The average molecular weight is 909 g/mol. The zero-order valence-electron chi connectivity index (χ0n) is 43.0. The number of esters is 3. The molecule has 0 aromatic heterocycles. The van der Waals surface area contributed by atoms with Gasteiger partial charge in [-0.05, 0) is 77.0 Å². The number of carbonyl (C=O) groups excluding carboxylic acids is 3. The summed E-state index contributed by atoms with van der Waals surface area (Å²) in [5.74, 6) is -0.884. The Hall–Kier alpha value is -2.89. The van der Waals surface area contributed by atoms with Gasteiger partial charge in [-0.25, -0.2) is 0 Å². The van der Waals surface area contributed by atoms with Gasteiger partial charge in [-0.15, -0.1) is 0 Å². The van der Waals surface area contributed by atoms with Gasteiger partial charge in [-0.3, -0.25) is 14.4 Å². The molecule has 0 aliphatic carbocycles. The molecule has 0 heterocycles. The first-order chi connectivity index (χ1) is 32.0. The SMILES string of the molecule is CC/C=C\C/C=C\C/C=C\C/C=C\CCCCCCCCCCCCCCCCCCC(=O)OCC(COC(=O)CCCCCCCCC)OC(=O)CCCCCCC/C=C\CCCC. The van der Waals surface area contributed by atoms with Gasteiger partial charge in [0.25, 0.3) is 0 Å². The maximum Gasteiger partial charge on any atom is 0.306 e. The number of hydrogen-bond donors (Lipinski definition) is 0. The zero-order valence-corrected chi connectivity index (χ0v) is 43.0. The van der Waals surface area contributed by atoms with Crippen molar-refractivity contribution >= 4 is 17.9 Å². The van der Waals surface area contributed by atoms with Gasteiger partial charge in [0.15, 0.2) is 6.10 Å². The number of ether oxygens (including phenoxy) is 3. The van der Waals surface area contributed by atoms with Crippen molar-refractivity contribution < 1.29 is 28.6 Å². The van der Waals surface area contributed by atoms with E-state index in [0.29, 0.717) is 19.3 Å². The molecule has 0 bridgehead atoms. The van der Waals surface area contributed by atoms with Crippen LogP contribution >= 0.6 is 0 Å². The van der Waals surface area contributed by atoms with Gasteiger partial charge in [0, 0.05) is 19.3 Å². The summed E-state index contributed by atoms with van der Waals surface area (Å²) in [6.07, 6.45) is 66.8. The predicted octanol–water partition coefficient (Wildman–Crippen LogP) is 18.4. The van der Waals surface area contributed by atoms with Crippen molar-refractivity contribution in [1.82, 2.24) is 0 Å². The van der Waals surface area contributed by atoms with E-state index in [1.807, 2.05) is 0 Å². The normalized spacial score (nSPS) is 12.5. The summed E-state index contributed by atoms with van der Waals surface area (Å²) >= 11 is 0. The van der Waals surface area contributed by atoms with Crippen LogP contribution in [0.15, 0.2) is 60.8 Å². The topological polar surface area (TPSA) is 78.9 Å². The summed E-state index contributed by atoms with van der Waals surface area (Å²) in [7, 11) is 0. The molecule has 1 unspecified atom stereocenters. The lowest BCUT2D eigenvalue weighted by Gasteiger charge is -2.18. The van der Waals surface area contributed by atoms with Crippen LogP contribution in [0.1, 0.15) is 278 Å². The van der Waals surface area contributed by atoms with Crippen LogP contribution in [0.2, 0.25) is 0 Å². The molecule has 0 fully saturated rings. The van der Waals surface area contributed by atoms with E-state index in [0.717, 1.165) is 96.3 Å². The fourth-order valence-corrected chi connectivity index (χ4v) is 7.83. The summed E-state index contributed by atoms with van der Waals surface area (Å²) in [5, 5.41) is 0. The number of carbonyl (C=O) groups is 3. The Morgan fingerprint density at radius 2 is 0.615 bits per heavy atom. The summed E-state index contributed by atoms with van der Waals surface area (Å²) in [6, 6.07) is 0. The molecule has 0 spiro atoms. The lowest BCUT2D eigenvalue weighted by atomic mass is 10.0. The molecule has 6 heteroatoms. The number of unbranched alkanes of at least 4 members (excludes halogenated alkanes) is 29. The molecule has 0 saturated heterocycles. The third kappa shape index (κ3) is 51.9. The minimum absolute atomic E-state index is 0.0746. The third-order valence-electron chi connectivity index (χ3n) is 12.0. The second-order valence-electron chi connectivity index (χ2n) is 18.5. The lowest BCUT2D eigenvalue weighted by Crippen LogP contribution is -2.30. The predicted molar refractivity (Wildman–Crippen MR) is 279 cm³/mol. The molecule has 0 amide bonds. The van der Waals surface area contributed by atoms with Gasteiger partial charge in [0.1, 0.15) is 13.2 Å². The maximum absolute atomic E-state index is 12.7. The fourth-order valence-electron chi connectivity index (χ4n) is 7.83. The van der Waals surface area contributed by atoms with E-state index in [1.165, 1.54) is 141 Å². The highest BCUT2D eigenvalue weighted by molar-refractivity contribution is 5.71. The molecule has 0 aliphatic heterocycles. The highest BCUT2D eigenvalue weighted by Gasteiger charge is 2.19. The summed E-state index contributed by atoms with van der Waals surface area (Å²) < 4.78 is 16.7. The standard InChI is InChI=1S/C59H104O6/c1-4-7-10-13-16-18-20-21-22-23-24-25-26-27-28-29-30-31-32-33-34-35-36-37-39-40-43-46-49-52-58(61)64-55-56(54-63-57(60)51-48-45-42-15-12-9-6-3)65-59(62)53-50-47-44-41-38-19-17-14-11-8-5-2/h7,10,14,16-18,21-22,24-25,56H,4-6,8-9,11-13,15,19-20,23,26-55H2,1-3H3/b10-7-,17-14-,18-16-,22-21-,25-24-. The van der Waals surface area contributed by atoms with Crippen LogP contribution in [0.5, 0.6) is 0 Å². The van der Waals surface area contributed by atoms with Crippen LogP contribution in [-0.2, 0) is 28.6 Å². The van der Waals surface area contributed by atoms with Gasteiger partial charge in [0.05, 0.1) is 0 Å². The molecular weight excluding hydrogens is 805 g/mol. The summed E-state index contributed by atoms with van der Waals surface area (Å²) in [6.45, 7) is 6.45. The molecule has 65 heavy (non-hydrogen) atoms. The fraction of sp³-hybridized carbons (Fsp3) is 0.780. The number of hydrogen-bond acceptors (Lipinski definition) is 6. The third-order valence-corrected chi connectivity index (χ3v) is 12.0. The lowest BCUT2D eigenvalue weighted by molar-refractivity contribution is -0.167. The molecule has 0 aromatic carbocycles. The molecule has 0 aromatic rings. The minimum Gasteiger partial charge on any atom is -0.462 e. The Kier molecular flexibility index (Phi) is 51.3. The van der Waals surface area contributed by atoms with Crippen molar-refractivity contribution in [1.29, 1.82) is 0 Å². The molecule has 0 rings (SSSR count). The van der Waals surface area contributed by atoms with Gasteiger partial charge < -0.3 is 14.2 Å². The molecule has 6 nitrogen and oxygen atoms in total. The Labute approximate surface area is 402 Å². The van der Waals surface area contributed by atoms with Crippen molar-refractivity contribution in [3.63, 3.8) is 0 Å². The molecular formula is C59H104O6. The van der Waals surface area contributed by atoms with Crippen LogP contribution in [0, 0.1) is 0 Å². The zero-order chi connectivity index (χ0) is 47.2. The van der Waals surface area contributed by atoms with Crippen LogP contribution < -0.4 is 0 Å². The minimum atomic E-state index is -0.772. The average Bonchev–Trinajstić information content (AvgIpc) is 3.30. The maximum atomic E-state index is 12.7. The van der Waals surface area contributed by atoms with Gasteiger partial charge in [0.2, 0.25) is 0 Å². The van der Waals surface area contributed by atoms with E-state index >= 15 is 0 Å². The van der Waals surface area contributed by atoms with Crippen LogP contribution in [-0.4, -0.2) is 37.2 Å². The van der Waals surface area contributed by atoms with Crippen molar-refractivity contribution in [3.05, 3.63) is 60.8 Å². The molecule has 0 aliphatic rings. The largest absolute Gasteiger partial charge is 0.462 e. The summed E-state index contributed by atoms with van der Waals surface area (Å²) in [5.41, 5.74) is 0. The van der Waals surface area contributed by atoms with E-state index in [4.69, 9.17) is 14.2 Å². The second-order valence-corrected chi connectivity index (χ2v) is 18.5. The van der Waals surface area contributed by atoms with E-state index in [1.54, 1.807) is 0 Å². The Balaban J connectivity index is 4.01. The number of rotatable bonds is 50. The van der Waals surface area contributed by atoms with Crippen LogP contribution in [0.25, 0.3) is 0 Å². The Morgan fingerprint density at radius 1 is 0.323 bits per heavy atom. The number of allylic oxidation sites excluding steroid dienone is 10. The highest BCUT2D eigenvalue weighted by Crippen LogP contribution is 2.16. The molecule has 1 atom stereocenters. The Morgan fingerprint density at radius 3 is 1.00 bits per heavy atom. The van der Waals surface area contributed by atoms with Crippen molar-refractivity contribution in [2.45, 2.75) is 284 Å². The smallest absolute Gasteiger partial charge is 0.306 e. The molecule has 0 N–H and O–H groups in total. The van der Waals surface area contributed by atoms with Crippen molar-refractivity contribution in [2.75, 3.05) is 13.2 Å². The molecule has 0 saturated carbocycles. The van der Waals surface area contributed by atoms with E-state index in [2.05, 4.69) is 81.5 Å². The van der Waals surface area contributed by atoms with Gasteiger partial charge in [-0.2, -0.15) is 0 Å². The van der Waals surface area contributed by atoms with Crippen LogP contribution in [0.3, 0.4) is 0 Å².